The van der Waals surface area contributed by atoms with Crippen LogP contribution in [0.2, 0.25) is 0 Å². The standard InChI is InChI=1S/C17H20FN3O2/c1-9-6-7-11(8-12(9)18)20-14(22)13-10(2)19-16(17(3,4)5)21-15(13)23/h6-8H,1-5H3,(H,20,22)(H,19,21,23). The molecule has 0 aliphatic rings. The second-order valence-electron chi connectivity index (χ2n) is 6.54. The van der Waals surface area contributed by atoms with Gasteiger partial charge < -0.3 is 10.3 Å². The molecule has 0 fully saturated rings. The van der Waals surface area contributed by atoms with Gasteiger partial charge in [-0.25, -0.2) is 9.37 Å². The average molecular weight is 317 g/mol. The van der Waals surface area contributed by atoms with E-state index in [1.807, 2.05) is 20.8 Å². The molecule has 0 radical (unpaired) electrons. The van der Waals surface area contributed by atoms with Gasteiger partial charge in [-0.15, -0.1) is 0 Å². The summed E-state index contributed by atoms with van der Waals surface area (Å²) >= 11 is 0. The van der Waals surface area contributed by atoms with Crippen LogP contribution in [0.1, 0.15) is 48.2 Å². The van der Waals surface area contributed by atoms with Crippen LogP contribution in [-0.4, -0.2) is 15.9 Å². The number of aromatic amines is 1. The first-order valence-corrected chi connectivity index (χ1v) is 7.28. The molecule has 6 heteroatoms. The van der Waals surface area contributed by atoms with Gasteiger partial charge in [0.15, 0.2) is 0 Å². The second kappa shape index (κ2) is 5.95. The van der Waals surface area contributed by atoms with Crippen molar-refractivity contribution < 1.29 is 9.18 Å². The lowest BCUT2D eigenvalue weighted by molar-refractivity contribution is 0.102. The first-order chi connectivity index (χ1) is 10.6. The zero-order valence-electron chi connectivity index (χ0n) is 13.9. The summed E-state index contributed by atoms with van der Waals surface area (Å²) in [6.07, 6.45) is 0. The van der Waals surface area contributed by atoms with E-state index in [2.05, 4.69) is 15.3 Å². The van der Waals surface area contributed by atoms with E-state index in [0.29, 0.717) is 17.1 Å². The van der Waals surface area contributed by atoms with Gasteiger partial charge in [0, 0.05) is 11.1 Å². The Bertz CT molecular complexity index is 820. The van der Waals surface area contributed by atoms with E-state index in [1.54, 1.807) is 26.0 Å². The van der Waals surface area contributed by atoms with E-state index in [9.17, 15) is 14.0 Å². The SMILES string of the molecule is Cc1ccc(NC(=O)c2c(C)nc(C(C)(C)C)[nH]c2=O)cc1F. The minimum Gasteiger partial charge on any atom is -0.322 e. The summed E-state index contributed by atoms with van der Waals surface area (Å²) < 4.78 is 13.5. The van der Waals surface area contributed by atoms with Gasteiger partial charge in [0.05, 0.1) is 5.69 Å². The molecule has 2 N–H and O–H groups in total. The number of benzene rings is 1. The van der Waals surface area contributed by atoms with E-state index in [1.165, 1.54) is 6.07 Å². The summed E-state index contributed by atoms with van der Waals surface area (Å²) in [6, 6.07) is 4.35. The van der Waals surface area contributed by atoms with Crippen LogP contribution in [-0.2, 0) is 5.41 Å². The fourth-order valence-corrected chi connectivity index (χ4v) is 2.07. The van der Waals surface area contributed by atoms with Crippen LogP contribution in [0.4, 0.5) is 10.1 Å². The Morgan fingerprint density at radius 2 is 1.91 bits per heavy atom. The van der Waals surface area contributed by atoms with Crippen LogP contribution in [0.15, 0.2) is 23.0 Å². The predicted molar refractivity (Wildman–Crippen MR) is 87.4 cm³/mol. The third-order valence-corrected chi connectivity index (χ3v) is 3.47. The van der Waals surface area contributed by atoms with Gasteiger partial charge in [-0.05, 0) is 31.5 Å². The largest absolute Gasteiger partial charge is 0.322 e. The number of carbonyl (C=O) groups is 1. The molecule has 0 unspecified atom stereocenters. The molecule has 122 valence electrons. The Kier molecular flexibility index (Phi) is 4.36. The zero-order valence-corrected chi connectivity index (χ0v) is 13.9. The number of H-pyrrole nitrogens is 1. The van der Waals surface area contributed by atoms with Crippen LogP contribution < -0.4 is 10.9 Å². The Morgan fingerprint density at radius 3 is 2.43 bits per heavy atom. The number of nitrogens with one attached hydrogen (secondary N) is 2. The molecule has 0 bridgehead atoms. The fourth-order valence-electron chi connectivity index (χ4n) is 2.07. The van der Waals surface area contributed by atoms with E-state index >= 15 is 0 Å². The van der Waals surface area contributed by atoms with Crippen molar-refractivity contribution >= 4 is 11.6 Å². The lowest BCUT2D eigenvalue weighted by Crippen LogP contribution is -2.30. The topological polar surface area (TPSA) is 74.8 Å². The second-order valence-corrected chi connectivity index (χ2v) is 6.54. The molecule has 1 aromatic heterocycles. The molecule has 5 nitrogen and oxygen atoms in total. The summed E-state index contributed by atoms with van der Waals surface area (Å²) in [5.74, 6) is -0.521. The molecule has 1 amide bonds. The van der Waals surface area contributed by atoms with Crippen molar-refractivity contribution in [2.24, 2.45) is 0 Å². The highest BCUT2D eigenvalue weighted by molar-refractivity contribution is 6.04. The van der Waals surface area contributed by atoms with Crippen molar-refractivity contribution in [2.45, 2.75) is 40.0 Å². The number of hydrogen-bond acceptors (Lipinski definition) is 3. The van der Waals surface area contributed by atoms with Gasteiger partial charge in [-0.3, -0.25) is 9.59 Å². The number of hydrogen-bond donors (Lipinski definition) is 2. The van der Waals surface area contributed by atoms with Crippen LogP contribution >= 0.6 is 0 Å². The minimum absolute atomic E-state index is 0.0704. The molecule has 0 aliphatic carbocycles. The van der Waals surface area contributed by atoms with Crippen molar-refractivity contribution in [1.82, 2.24) is 9.97 Å². The summed E-state index contributed by atoms with van der Waals surface area (Å²) in [5.41, 5.74) is 0.194. The highest BCUT2D eigenvalue weighted by Gasteiger charge is 2.22. The molecule has 0 atom stereocenters. The number of amides is 1. The average Bonchev–Trinajstić information content (AvgIpc) is 2.41. The predicted octanol–water partition coefficient (Wildman–Crippen LogP) is 3.08. The summed E-state index contributed by atoms with van der Waals surface area (Å²) in [6.45, 7) is 8.98. The van der Waals surface area contributed by atoms with Gasteiger partial charge in [0.1, 0.15) is 17.2 Å². The lowest BCUT2D eigenvalue weighted by Gasteiger charge is -2.18. The maximum atomic E-state index is 13.5. The van der Waals surface area contributed by atoms with Crippen LogP contribution in [0, 0.1) is 19.7 Å². The smallest absolute Gasteiger partial charge is 0.264 e. The maximum Gasteiger partial charge on any atom is 0.264 e. The number of anilines is 1. The highest BCUT2D eigenvalue weighted by Crippen LogP contribution is 2.18. The quantitative estimate of drug-likeness (QED) is 0.894. The molecule has 1 aromatic carbocycles. The van der Waals surface area contributed by atoms with Crippen molar-refractivity contribution in [3.8, 4) is 0 Å². The van der Waals surface area contributed by atoms with Crippen LogP contribution in [0.25, 0.3) is 0 Å². The van der Waals surface area contributed by atoms with Crippen molar-refractivity contribution in [1.29, 1.82) is 0 Å². The monoisotopic (exact) mass is 317 g/mol. The molecule has 0 spiro atoms. The Hall–Kier alpha value is -2.50. The van der Waals surface area contributed by atoms with E-state index in [-0.39, 0.29) is 16.7 Å². The van der Waals surface area contributed by atoms with Crippen molar-refractivity contribution in [2.75, 3.05) is 5.32 Å². The molecule has 2 rings (SSSR count). The van der Waals surface area contributed by atoms with E-state index < -0.39 is 17.3 Å². The Morgan fingerprint density at radius 1 is 1.26 bits per heavy atom. The van der Waals surface area contributed by atoms with Crippen molar-refractivity contribution in [3.05, 3.63) is 57.0 Å². The molecule has 0 saturated heterocycles. The first kappa shape index (κ1) is 16.9. The van der Waals surface area contributed by atoms with Gasteiger partial charge in [-0.1, -0.05) is 26.8 Å². The molecular formula is C17H20FN3O2. The number of rotatable bonds is 2. The Labute approximate surface area is 134 Å². The number of halogens is 1. The van der Waals surface area contributed by atoms with Gasteiger partial charge in [-0.2, -0.15) is 0 Å². The van der Waals surface area contributed by atoms with Crippen LogP contribution in [0.3, 0.4) is 0 Å². The number of nitrogens with zero attached hydrogens (tertiary/aromatic N) is 1. The highest BCUT2D eigenvalue weighted by atomic mass is 19.1. The number of aryl methyl sites for hydroxylation is 2. The molecule has 2 aromatic rings. The maximum absolute atomic E-state index is 13.5. The lowest BCUT2D eigenvalue weighted by atomic mass is 9.95. The molecule has 23 heavy (non-hydrogen) atoms. The zero-order chi connectivity index (χ0) is 17.4. The molecule has 1 heterocycles. The van der Waals surface area contributed by atoms with E-state index in [0.717, 1.165) is 0 Å². The molecular weight excluding hydrogens is 297 g/mol. The fraction of sp³-hybridized carbons (Fsp3) is 0.353. The summed E-state index contributed by atoms with van der Waals surface area (Å²) in [5, 5.41) is 2.53. The molecule has 0 aliphatic heterocycles. The minimum atomic E-state index is -0.611. The summed E-state index contributed by atoms with van der Waals surface area (Å²) in [7, 11) is 0. The molecule has 0 saturated carbocycles. The Balaban J connectivity index is 2.36. The number of carbonyl (C=O) groups excluding carboxylic acids is 1. The normalized spacial score (nSPS) is 11.4. The van der Waals surface area contributed by atoms with Gasteiger partial charge in [0.2, 0.25) is 0 Å². The van der Waals surface area contributed by atoms with E-state index in [4.69, 9.17) is 0 Å². The van der Waals surface area contributed by atoms with Gasteiger partial charge >= 0.3 is 0 Å². The van der Waals surface area contributed by atoms with Crippen LogP contribution in [0.5, 0.6) is 0 Å². The summed E-state index contributed by atoms with van der Waals surface area (Å²) in [4.78, 5) is 31.5. The van der Waals surface area contributed by atoms with Gasteiger partial charge in [0.25, 0.3) is 11.5 Å². The number of aromatic nitrogens is 2. The third-order valence-electron chi connectivity index (χ3n) is 3.47. The van der Waals surface area contributed by atoms with Crippen molar-refractivity contribution in [3.63, 3.8) is 0 Å². The third kappa shape index (κ3) is 3.64. The first-order valence-electron chi connectivity index (χ1n) is 7.28.